The summed E-state index contributed by atoms with van der Waals surface area (Å²) >= 11 is 0. The number of rotatable bonds is 3. The van der Waals surface area contributed by atoms with Crippen molar-refractivity contribution < 1.29 is 14.6 Å². The lowest BCUT2D eigenvalue weighted by molar-refractivity contribution is -0.146. The Bertz CT molecular complexity index is 287. The molecular weight excluding hydrogens is 220 g/mol. The molecule has 0 aromatic carbocycles. The lowest BCUT2D eigenvalue weighted by Crippen LogP contribution is -2.67. The van der Waals surface area contributed by atoms with Gasteiger partial charge < -0.3 is 20.1 Å². The van der Waals surface area contributed by atoms with Crippen molar-refractivity contribution in [3.63, 3.8) is 0 Å². The number of amides is 1. The van der Waals surface area contributed by atoms with Crippen LogP contribution in [-0.2, 0) is 9.53 Å². The molecule has 0 aromatic heterocycles. The van der Waals surface area contributed by atoms with Gasteiger partial charge in [0.15, 0.2) is 0 Å². The van der Waals surface area contributed by atoms with Crippen LogP contribution in [-0.4, -0.2) is 59.9 Å². The molecule has 5 heteroatoms. The average molecular weight is 242 g/mol. The zero-order chi connectivity index (χ0) is 12.5. The van der Waals surface area contributed by atoms with Crippen LogP contribution in [0.4, 0.5) is 0 Å². The van der Waals surface area contributed by atoms with Crippen molar-refractivity contribution in [2.45, 2.75) is 44.4 Å². The van der Waals surface area contributed by atoms with E-state index in [1.54, 1.807) is 0 Å². The van der Waals surface area contributed by atoms with Gasteiger partial charge in [-0.2, -0.15) is 0 Å². The molecule has 2 atom stereocenters. The van der Waals surface area contributed by atoms with E-state index in [4.69, 9.17) is 9.84 Å². The van der Waals surface area contributed by atoms with Gasteiger partial charge >= 0.3 is 0 Å². The van der Waals surface area contributed by atoms with Crippen LogP contribution >= 0.6 is 0 Å². The summed E-state index contributed by atoms with van der Waals surface area (Å²) in [6.45, 7) is 6.09. The Hall–Kier alpha value is -0.650. The highest BCUT2D eigenvalue weighted by molar-refractivity contribution is 5.83. The van der Waals surface area contributed by atoms with E-state index in [9.17, 15) is 4.79 Å². The molecule has 2 aliphatic heterocycles. The summed E-state index contributed by atoms with van der Waals surface area (Å²) in [4.78, 5) is 14.1. The normalized spacial score (nSPS) is 33.1. The standard InChI is InChI=1S/C12H22N2O3/c1-12(2)8-13-10(7-15)11(16)14(12)6-9-4-3-5-17-9/h9-10,13,15H,3-8H2,1-2H3. The molecule has 0 aliphatic carbocycles. The van der Waals surface area contributed by atoms with Gasteiger partial charge in [-0.1, -0.05) is 0 Å². The van der Waals surface area contributed by atoms with E-state index in [1.165, 1.54) is 0 Å². The second-order valence-corrected chi connectivity index (χ2v) is 5.51. The zero-order valence-electron chi connectivity index (χ0n) is 10.6. The van der Waals surface area contributed by atoms with Gasteiger partial charge in [-0.25, -0.2) is 0 Å². The van der Waals surface area contributed by atoms with Crippen LogP contribution in [0.2, 0.25) is 0 Å². The first kappa shape index (κ1) is 12.8. The molecule has 0 bridgehead atoms. The van der Waals surface area contributed by atoms with Crippen molar-refractivity contribution in [1.29, 1.82) is 0 Å². The number of piperazine rings is 1. The molecule has 2 heterocycles. The number of nitrogens with zero attached hydrogens (tertiary/aromatic N) is 1. The number of carbonyl (C=O) groups is 1. The predicted molar refractivity (Wildman–Crippen MR) is 63.6 cm³/mol. The van der Waals surface area contributed by atoms with E-state index < -0.39 is 6.04 Å². The quantitative estimate of drug-likeness (QED) is 0.715. The molecule has 2 saturated heterocycles. The average Bonchev–Trinajstić information content (AvgIpc) is 2.77. The highest BCUT2D eigenvalue weighted by atomic mass is 16.5. The molecule has 2 unspecified atom stereocenters. The summed E-state index contributed by atoms with van der Waals surface area (Å²) in [5, 5.41) is 12.3. The van der Waals surface area contributed by atoms with Crippen LogP contribution in [0.1, 0.15) is 26.7 Å². The molecule has 98 valence electrons. The minimum absolute atomic E-state index is 0.0146. The van der Waals surface area contributed by atoms with E-state index in [0.29, 0.717) is 13.1 Å². The lowest BCUT2D eigenvalue weighted by atomic mass is 9.96. The predicted octanol–water partition coefficient (Wildman–Crippen LogP) is -0.263. The summed E-state index contributed by atoms with van der Waals surface area (Å²) in [5.41, 5.74) is -0.214. The van der Waals surface area contributed by atoms with Crippen molar-refractivity contribution >= 4 is 5.91 Å². The van der Waals surface area contributed by atoms with E-state index >= 15 is 0 Å². The van der Waals surface area contributed by atoms with Crippen LogP contribution in [0.25, 0.3) is 0 Å². The Kier molecular flexibility index (Phi) is 3.70. The van der Waals surface area contributed by atoms with E-state index in [2.05, 4.69) is 5.32 Å². The molecule has 0 spiro atoms. The van der Waals surface area contributed by atoms with Crippen LogP contribution < -0.4 is 5.32 Å². The van der Waals surface area contributed by atoms with Crippen molar-refractivity contribution in [1.82, 2.24) is 10.2 Å². The van der Waals surface area contributed by atoms with Gasteiger partial charge in [0.25, 0.3) is 0 Å². The number of ether oxygens (including phenoxy) is 1. The maximum absolute atomic E-state index is 12.2. The van der Waals surface area contributed by atoms with Gasteiger partial charge in [0.05, 0.1) is 12.7 Å². The maximum atomic E-state index is 12.2. The number of aliphatic hydroxyl groups excluding tert-OH is 1. The fourth-order valence-electron chi connectivity index (χ4n) is 2.51. The number of aliphatic hydroxyl groups is 1. The highest BCUT2D eigenvalue weighted by Crippen LogP contribution is 2.23. The van der Waals surface area contributed by atoms with Crippen LogP contribution in [0.3, 0.4) is 0 Å². The van der Waals surface area contributed by atoms with Crippen molar-refractivity contribution in [2.24, 2.45) is 0 Å². The minimum atomic E-state index is -0.454. The van der Waals surface area contributed by atoms with Gasteiger partial charge in [-0.3, -0.25) is 4.79 Å². The number of carbonyl (C=O) groups excluding carboxylic acids is 1. The van der Waals surface area contributed by atoms with Crippen LogP contribution in [0.15, 0.2) is 0 Å². The number of hydrogen-bond donors (Lipinski definition) is 2. The lowest BCUT2D eigenvalue weighted by Gasteiger charge is -2.46. The van der Waals surface area contributed by atoms with Gasteiger partial charge in [0.1, 0.15) is 6.04 Å². The second-order valence-electron chi connectivity index (χ2n) is 5.51. The van der Waals surface area contributed by atoms with Crippen molar-refractivity contribution in [2.75, 3.05) is 26.3 Å². The summed E-state index contributed by atoms with van der Waals surface area (Å²) in [6, 6.07) is -0.454. The van der Waals surface area contributed by atoms with Crippen LogP contribution in [0, 0.1) is 0 Å². The molecule has 2 fully saturated rings. The Balaban J connectivity index is 2.05. The number of nitrogens with one attached hydrogen (secondary N) is 1. The second kappa shape index (κ2) is 4.92. The number of hydrogen-bond acceptors (Lipinski definition) is 4. The largest absolute Gasteiger partial charge is 0.394 e. The Morgan fingerprint density at radius 1 is 1.59 bits per heavy atom. The first-order chi connectivity index (χ1) is 8.04. The first-order valence-corrected chi connectivity index (χ1v) is 6.32. The summed E-state index contributed by atoms with van der Waals surface area (Å²) < 4.78 is 5.59. The molecule has 2 N–H and O–H groups in total. The SMILES string of the molecule is CC1(C)CNC(CO)C(=O)N1CC1CCCO1. The molecular formula is C12H22N2O3. The Labute approximate surface area is 102 Å². The molecule has 0 saturated carbocycles. The smallest absolute Gasteiger partial charge is 0.242 e. The molecule has 2 aliphatic rings. The van der Waals surface area contributed by atoms with Gasteiger partial charge in [0.2, 0.25) is 5.91 Å². The molecule has 0 aromatic rings. The Morgan fingerprint density at radius 2 is 2.35 bits per heavy atom. The van der Waals surface area contributed by atoms with Gasteiger partial charge in [-0.15, -0.1) is 0 Å². The summed E-state index contributed by atoms with van der Waals surface area (Å²) in [7, 11) is 0. The van der Waals surface area contributed by atoms with E-state index in [0.717, 1.165) is 19.4 Å². The molecule has 17 heavy (non-hydrogen) atoms. The highest BCUT2D eigenvalue weighted by Gasteiger charge is 2.40. The third-order valence-electron chi connectivity index (χ3n) is 3.67. The van der Waals surface area contributed by atoms with Crippen molar-refractivity contribution in [3.8, 4) is 0 Å². The summed E-state index contributed by atoms with van der Waals surface area (Å²) in [6.07, 6.45) is 2.27. The molecule has 1 amide bonds. The van der Waals surface area contributed by atoms with E-state index in [-0.39, 0.29) is 24.2 Å². The monoisotopic (exact) mass is 242 g/mol. The van der Waals surface area contributed by atoms with E-state index in [1.807, 2.05) is 18.7 Å². The molecule has 2 rings (SSSR count). The third-order valence-corrected chi connectivity index (χ3v) is 3.67. The fraction of sp³-hybridized carbons (Fsp3) is 0.917. The van der Waals surface area contributed by atoms with Crippen molar-refractivity contribution in [3.05, 3.63) is 0 Å². The third kappa shape index (κ3) is 2.61. The molecule has 5 nitrogen and oxygen atoms in total. The summed E-state index contributed by atoms with van der Waals surface area (Å²) in [5.74, 6) is -0.0146. The van der Waals surface area contributed by atoms with Gasteiger partial charge in [0, 0.05) is 25.2 Å². The Morgan fingerprint density at radius 3 is 2.94 bits per heavy atom. The maximum Gasteiger partial charge on any atom is 0.242 e. The zero-order valence-corrected chi connectivity index (χ0v) is 10.6. The minimum Gasteiger partial charge on any atom is -0.394 e. The fourth-order valence-corrected chi connectivity index (χ4v) is 2.51. The van der Waals surface area contributed by atoms with Gasteiger partial charge in [-0.05, 0) is 26.7 Å². The topological polar surface area (TPSA) is 61.8 Å². The molecule has 0 radical (unpaired) electrons. The van der Waals surface area contributed by atoms with Crippen LogP contribution in [0.5, 0.6) is 0 Å². The first-order valence-electron chi connectivity index (χ1n) is 6.32.